The third-order valence-electron chi connectivity index (χ3n) is 5.02. The van der Waals surface area contributed by atoms with E-state index in [-0.39, 0.29) is 25.0 Å². The summed E-state index contributed by atoms with van der Waals surface area (Å²) in [5.74, 6) is -1.00. The van der Waals surface area contributed by atoms with Crippen molar-refractivity contribution in [1.29, 1.82) is 0 Å². The van der Waals surface area contributed by atoms with Gasteiger partial charge in [0.15, 0.2) is 5.17 Å². The van der Waals surface area contributed by atoms with Crippen LogP contribution in [0.25, 0.3) is 0 Å². The summed E-state index contributed by atoms with van der Waals surface area (Å²) in [5, 5.41) is 5.48. The summed E-state index contributed by atoms with van der Waals surface area (Å²) in [5.41, 5.74) is 2.19. The van der Waals surface area contributed by atoms with Crippen molar-refractivity contribution in [3.8, 4) is 0 Å². The molecule has 0 fully saturated rings. The fraction of sp³-hybridized carbons (Fsp3) is 0.409. The van der Waals surface area contributed by atoms with Gasteiger partial charge in [0.1, 0.15) is 5.82 Å². The molecule has 2 unspecified atom stereocenters. The normalized spacial score (nSPS) is 19.1. The predicted molar refractivity (Wildman–Crippen MR) is 116 cm³/mol. The van der Waals surface area contributed by atoms with E-state index >= 15 is 0 Å². The zero-order valence-electron chi connectivity index (χ0n) is 17.6. The Bertz CT molecular complexity index is 941. The molecule has 30 heavy (non-hydrogen) atoms. The molecule has 0 spiro atoms. The number of fused-ring (bicyclic) bond motifs is 1. The highest BCUT2D eigenvalue weighted by Crippen LogP contribution is 2.44. The van der Waals surface area contributed by atoms with Gasteiger partial charge < -0.3 is 15.0 Å². The molecule has 2 heterocycles. The summed E-state index contributed by atoms with van der Waals surface area (Å²) in [6, 6.07) is 5.58. The Kier molecular flexibility index (Phi) is 6.97. The Morgan fingerprint density at radius 3 is 2.80 bits per heavy atom. The third kappa shape index (κ3) is 4.59. The van der Waals surface area contributed by atoms with Crippen LogP contribution in [0.4, 0.5) is 4.39 Å². The molecule has 0 radical (unpaired) electrons. The fourth-order valence-corrected chi connectivity index (χ4v) is 4.39. The summed E-state index contributed by atoms with van der Waals surface area (Å²) in [6.07, 6.45) is 0.966. The number of thioether (sulfide) groups is 1. The molecule has 2 aliphatic heterocycles. The maximum Gasteiger partial charge on any atom is 0.338 e. The maximum absolute atomic E-state index is 14.1. The number of allylic oxidation sites excluding steroid dienone is 1. The highest BCUT2D eigenvalue weighted by Gasteiger charge is 2.41. The van der Waals surface area contributed by atoms with Crippen molar-refractivity contribution in [3.05, 3.63) is 58.0 Å². The average molecular weight is 432 g/mol. The van der Waals surface area contributed by atoms with Crippen LogP contribution >= 0.6 is 11.8 Å². The van der Waals surface area contributed by atoms with Gasteiger partial charge in [0, 0.05) is 11.7 Å². The lowest BCUT2D eigenvalue weighted by molar-refractivity contribution is -0.139. The number of amides is 1. The minimum absolute atomic E-state index is 0.0675. The molecule has 0 aliphatic carbocycles. The highest BCUT2D eigenvalue weighted by atomic mass is 32.2. The minimum Gasteiger partial charge on any atom is -0.463 e. The molecule has 1 aromatic carbocycles. The first-order valence-electron chi connectivity index (χ1n) is 10.0. The van der Waals surface area contributed by atoms with E-state index in [1.807, 2.05) is 24.2 Å². The summed E-state index contributed by atoms with van der Waals surface area (Å²) >= 11 is 1.39. The quantitative estimate of drug-likeness (QED) is 0.653. The molecule has 0 bridgehead atoms. The van der Waals surface area contributed by atoms with E-state index < -0.39 is 17.8 Å². The predicted octanol–water partition coefficient (Wildman–Crippen LogP) is 4.27. The van der Waals surface area contributed by atoms with Gasteiger partial charge in [0.05, 0.1) is 30.3 Å². The smallest absolute Gasteiger partial charge is 0.338 e. The van der Waals surface area contributed by atoms with Crippen molar-refractivity contribution in [2.24, 2.45) is 4.99 Å². The van der Waals surface area contributed by atoms with E-state index in [0.717, 1.165) is 6.42 Å². The topological polar surface area (TPSA) is 71.0 Å². The molecule has 2 aliphatic rings. The van der Waals surface area contributed by atoms with Crippen molar-refractivity contribution < 1.29 is 18.7 Å². The number of rotatable bonds is 7. The van der Waals surface area contributed by atoms with Gasteiger partial charge in [0.2, 0.25) is 5.91 Å². The van der Waals surface area contributed by atoms with Crippen LogP contribution in [0.15, 0.2) is 51.6 Å². The van der Waals surface area contributed by atoms with Gasteiger partial charge in [-0.05, 0) is 50.3 Å². The first kappa shape index (κ1) is 22.1. The van der Waals surface area contributed by atoms with Gasteiger partial charge in [-0.1, -0.05) is 30.8 Å². The van der Waals surface area contributed by atoms with Gasteiger partial charge in [-0.3, -0.25) is 4.79 Å². The zero-order valence-corrected chi connectivity index (χ0v) is 18.4. The number of esters is 1. The Morgan fingerprint density at radius 2 is 2.13 bits per heavy atom. The monoisotopic (exact) mass is 431 g/mol. The Labute approximate surface area is 180 Å². The molecule has 2 atom stereocenters. The number of carbonyl (C=O) groups is 2. The van der Waals surface area contributed by atoms with Gasteiger partial charge in [-0.25, -0.2) is 14.2 Å². The van der Waals surface area contributed by atoms with Crippen LogP contribution in [0.2, 0.25) is 0 Å². The summed E-state index contributed by atoms with van der Waals surface area (Å²) in [6.45, 7) is 7.65. The molecular weight excluding hydrogens is 405 g/mol. The lowest BCUT2D eigenvalue weighted by atomic mass is 9.93. The van der Waals surface area contributed by atoms with Crippen LogP contribution in [0.3, 0.4) is 0 Å². The molecular formula is C22H26FN3O3S. The number of carbonyl (C=O) groups excluding carboxylic acids is 2. The first-order chi connectivity index (χ1) is 14.3. The SMILES string of the molecule is CCOC(=O)C1=C(C)N=C2SC=C(CC(=O)NC(C)CC)N2C1c1cccc(F)c1. The number of nitrogens with one attached hydrogen (secondary N) is 1. The van der Waals surface area contributed by atoms with Crippen molar-refractivity contribution in [3.63, 3.8) is 0 Å². The van der Waals surface area contributed by atoms with E-state index in [4.69, 9.17) is 4.74 Å². The zero-order chi connectivity index (χ0) is 21.8. The molecule has 160 valence electrons. The van der Waals surface area contributed by atoms with Crippen molar-refractivity contribution in [1.82, 2.24) is 10.2 Å². The average Bonchev–Trinajstić information content (AvgIpc) is 3.08. The van der Waals surface area contributed by atoms with E-state index in [9.17, 15) is 14.0 Å². The molecule has 0 saturated heterocycles. The van der Waals surface area contributed by atoms with Crippen LogP contribution in [0.5, 0.6) is 0 Å². The Balaban J connectivity index is 2.00. The molecule has 1 aromatic rings. The number of aliphatic imine (C=N–C) groups is 1. The van der Waals surface area contributed by atoms with Crippen LogP contribution in [0, 0.1) is 5.82 Å². The Morgan fingerprint density at radius 1 is 1.37 bits per heavy atom. The molecule has 3 rings (SSSR count). The van der Waals surface area contributed by atoms with Crippen LogP contribution in [-0.2, 0) is 14.3 Å². The highest BCUT2D eigenvalue weighted by molar-refractivity contribution is 8.16. The molecule has 1 amide bonds. The second-order valence-corrected chi connectivity index (χ2v) is 8.06. The van der Waals surface area contributed by atoms with E-state index in [0.29, 0.717) is 27.7 Å². The van der Waals surface area contributed by atoms with E-state index in [2.05, 4.69) is 10.3 Å². The van der Waals surface area contributed by atoms with Crippen LogP contribution in [-0.4, -0.2) is 34.6 Å². The molecule has 8 heteroatoms. The van der Waals surface area contributed by atoms with Crippen LogP contribution < -0.4 is 5.32 Å². The number of hydrogen-bond acceptors (Lipinski definition) is 6. The first-order valence-corrected chi connectivity index (χ1v) is 10.9. The third-order valence-corrected chi connectivity index (χ3v) is 5.91. The lowest BCUT2D eigenvalue weighted by Gasteiger charge is -2.36. The number of hydrogen-bond donors (Lipinski definition) is 1. The summed E-state index contributed by atoms with van der Waals surface area (Å²) in [7, 11) is 0. The molecule has 0 aromatic heterocycles. The van der Waals surface area contributed by atoms with Crippen molar-refractivity contribution in [2.75, 3.05) is 6.61 Å². The minimum atomic E-state index is -0.620. The second-order valence-electron chi connectivity index (χ2n) is 7.22. The van der Waals surface area contributed by atoms with Gasteiger partial charge in [0.25, 0.3) is 0 Å². The second kappa shape index (κ2) is 9.47. The number of benzene rings is 1. The molecule has 1 N–H and O–H groups in total. The standard InChI is InChI=1S/C22H26FN3O3S/c1-5-13(3)24-18(27)11-17-12-30-22-25-14(4)19(21(28)29-6-2)20(26(17)22)15-8-7-9-16(23)10-15/h7-10,12-13,20H,5-6,11H2,1-4H3,(H,24,27). The molecule has 0 saturated carbocycles. The number of halogens is 1. The van der Waals surface area contributed by atoms with E-state index in [1.54, 1.807) is 26.0 Å². The van der Waals surface area contributed by atoms with Crippen LogP contribution in [0.1, 0.15) is 52.1 Å². The maximum atomic E-state index is 14.1. The molecule has 6 nitrogen and oxygen atoms in total. The van der Waals surface area contributed by atoms with E-state index in [1.165, 1.54) is 23.9 Å². The van der Waals surface area contributed by atoms with Crippen molar-refractivity contribution in [2.45, 2.75) is 52.6 Å². The number of ether oxygens (including phenoxy) is 1. The summed E-state index contributed by atoms with van der Waals surface area (Å²) in [4.78, 5) is 31.7. The summed E-state index contributed by atoms with van der Waals surface area (Å²) < 4.78 is 19.3. The van der Waals surface area contributed by atoms with Gasteiger partial charge >= 0.3 is 5.97 Å². The van der Waals surface area contributed by atoms with Gasteiger partial charge in [-0.15, -0.1) is 0 Å². The lowest BCUT2D eigenvalue weighted by Crippen LogP contribution is -2.39. The van der Waals surface area contributed by atoms with Gasteiger partial charge in [-0.2, -0.15) is 0 Å². The number of amidine groups is 1. The number of nitrogens with zero attached hydrogens (tertiary/aromatic N) is 2. The van der Waals surface area contributed by atoms with Crippen molar-refractivity contribution >= 4 is 28.8 Å². The fourth-order valence-electron chi connectivity index (χ4n) is 3.42. The largest absolute Gasteiger partial charge is 0.463 e. The Hall–Kier alpha value is -2.61.